The maximum atomic E-state index is 12.4. The van der Waals surface area contributed by atoms with Gasteiger partial charge in [-0.1, -0.05) is 37.3 Å². The van der Waals surface area contributed by atoms with Gasteiger partial charge in [0.2, 0.25) is 5.09 Å². The molecule has 0 aliphatic heterocycles. The van der Waals surface area contributed by atoms with Gasteiger partial charge in [-0.05, 0) is 24.1 Å². The van der Waals surface area contributed by atoms with Crippen LogP contribution in [0.1, 0.15) is 29.5 Å². The number of nitrogens with zero attached hydrogens (tertiary/aromatic N) is 1. The van der Waals surface area contributed by atoms with Crippen LogP contribution in [0.2, 0.25) is 0 Å². The van der Waals surface area contributed by atoms with Crippen molar-refractivity contribution in [1.29, 1.82) is 0 Å². The van der Waals surface area contributed by atoms with Crippen molar-refractivity contribution < 1.29 is 27.5 Å². The fourth-order valence-electron chi connectivity index (χ4n) is 2.62. The van der Waals surface area contributed by atoms with Gasteiger partial charge >= 0.3 is 5.97 Å². The Bertz CT molecular complexity index is 920. The number of carbonyl (C=O) groups is 2. The maximum Gasteiger partial charge on any atom is 0.315 e. The van der Waals surface area contributed by atoms with E-state index in [1.807, 2.05) is 0 Å². The summed E-state index contributed by atoms with van der Waals surface area (Å²) < 4.78 is 30.2. The Morgan fingerprint density at radius 2 is 1.78 bits per heavy atom. The zero-order valence-electron chi connectivity index (χ0n) is 15.3. The molecule has 1 heterocycles. The highest BCUT2D eigenvalue weighted by molar-refractivity contribution is 7.88. The Hall–Kier alpha value is -2.65. The number of amides is 1. The highest BCUT2D eigenvalue weighted by atomic mass is 32.2. The minimum absolute atomic E-state index is 0.169. The van der Waals surface area contributed by atoms with Gasteiger partial charge in [0, 0.05) is 20.6 Å². The molecule has 2 rings (SSSR count). The molecule has 9 heteroatoms. The van der Waals surface area contributed by atoms with Gasteiger partial charge in [-0.2, -0.15) is 0 Å². The smallest absolute Gasteiger partial charge is 0.315 e. The fourth-order valence-corrected chi connectivity index (χ4v) is 3.41. The van der Waals surface area contributed by atoms with Gasteiger partial charge in [0.1, 0.15) is 5.41 Å². The van der Waals surface area contributed by atoms with Crippen LogP contribution in [0.4, 0.5) is 0 Å². The van der Waals surface area contributed by atoms with Crippen LogP contribution in [0.3, 0.4) is 0 Å². The Balaban J connectivity index is 2.23. The van der Waals surface area contributed by atoms with E-state index in [0.717, 1.165) is 4.31 Å². The molecule has 27 heavy (non-hydrogen) atoms. The normalized spacial score (nSPS) is 13.9. The van der Waals surface area contributed by atoms with Crippen LogP contribution in [0.25, 0.3) is 0 Å². The summed E-state index contributed by atoms with van der Waals surface area (Å²) in [5.41, 5.74) is -0.738. The van der Waals surface area contributed by atoms with Crippen LogP contribution < -0.4 is 5.32 Å². The summed E-state index contributed by atoms with van der Waals surface area (Å²) in [5, 5.41) is 12.0. The van der Waals surface area contributed by atoms with Crippen LogP contribution in [-0.4, -0.2) is 50.3 Å². The molecule has 1 amide bonds. The lowest BCUT2D eigenvalue weighted by atomic mass is 9.78. The molecule has 1 aromatic heterocycles. The summed E-state index contributed by atoms with van der Waals surface area (Å²) >= 11 is 0. The highest BCUT2D eigenvalue weighted by Crippen LogP contribution is 2.28. The SMILES string of the molecule is CCC(CNC(=O)c1ccc(S(=O)(=O)N(C)C)o1)(C(=O)O)c1ccccc1. The molecule has 146 valence electrons. The number of carboxylic acids is 1. The first kappa shape index (κ1) is 20.7. The van der Waals surface area contributed by atoms with Crippen LogP contribution in [-0.2, 0) is 20.2 Å². The van der Waals surface area contributed by atoms with Gasteiger partial charge in [0.05, 0.1) is 0 Å². The van der Waals surface area contributed by atoms with Crippen molar-refractivity contribution in [2.24, 2.45) is 0 Å². The van der Waals surface area contributed by atoms with Crippen LogP contribution >= 0.6 is 0 Å². The second-order valence-corrected chi connectivity index (χ2v) is 8.28. The Labute approximate surface area is 157 Å². The third-order valence-electron chi connectivity index (χ3n) is 4.43. The molecule has 1 aromatic carbocycles. The maximum absolute atomic E-state index is 12.4. The van der Waals surface area contributed by atoms with Crippen LogP contribution in [0, 0.1) is 0 Å². The lowest BCUT2D eigenvalue weighted by Gasteiger charge is -2.28. The fraction of sp³-hybridized carbons (Fsp3) is 0.333. The van der Waals surface area contributed by atoms with Crippen molar-refractivity contribution in [1.82, 2.24) is 9.62 Å². The monoisotopic (exact) mass is 394 g/mol. The molecule has 0 aliphatic carbocycles. The van der Waals surface area contributed by atoms with Crippen LogP contribution in [0.15, 0.2) is 52.0 Å². The lowest BCUT2D eigenvalue weighted by Crippen LogP contribution is -2.46. The molecular weight excluding hydrogens is 372 g/mol. The number of aliphatic carboxylic acids is 1. The van der Waals surface area contributed by atoms with E-state index in [-0.39, 0.29) is 23.8 Å². The number of carboxylic acid groups (broad SMARTS) is 1. The van der Waals surface area contributed by atoms with E-state index in [1.165, 1.54) is 26.2 Å². The number of hydrogen-bond donors (Lipinski definition) is 2. The molecular formula is C18H22N2O6S. The molecule has 0 aliphatic rings. The molecule has 8 nitrogen and oxygen atoms in total. The lowest BCUT2D eigenvalue weighted by molar-refractivity contribution is -0.143. The molecule has 0 radical (unpaired) electrons. The van der Waals surface area contributed by atoms with Crippen molar-refractivity contribution in [3.05, 3.63) is 53.8 Å². The van der Waals surface area contributed by atoms with Crippen molar-refractivity contribution >= 4 is 21.9 Å². The van der Waals surface area contributed by atoms with E-state index in [9.17, 15) is 23.1 Å². The number of sulfonamides is 1. The summed E-state index contributed by atoms with van der Waals surface area (Å²) in [7, 11) is -1.11. The quantitative estimate of drug-likeness (QED) is 0.704. The van der Waals surface area contributed by atoms with Crippen molar-refractivity contribution in [2.75, 3.05) is 20.6 Å². The minimum Gasteiger partial charge on any atom is -0.481 e. The molecule has 1 atom stereocenters. The number of rotatable bonds is 8. The number of benzene rings is 1. The Morgan fingerprint density at radius 3 is 2.30 bits per heavy atom. The third-order valence-corrected chi connectivity index (χ3v) is 6.12. The van der Waals surface area contributed by atoms with E-state index in [1.54, 1.807) is 37.3 Å². The summed E-state index contributed by atoms with van der Waals surface area (Å²) in [4.78, 5) is 24.3. The zero-order chi connectivity index (χ0) is 20.2. The van der Waals surface area contributed by atoms with E-state index < -0.39 is 27.3 Å². The minimum atomic E-state index is -3.80. The van der Waals surface area contributed by atoms with Crippen molar-refractivity contribution in [3.63, 3.8) is 0 Å². The van der Waals surface area contributed by atoms with E-state index in [0.29, 0.717) is 5.56 Å². The number of hydrogen-bond acceptors (Lipinski definition) is 5. The molecule has 0 saturated heterocycles. The summed E-state index contributed by atoms with van der Waals surface area (Å²) in [6.07, 6.45) is 0.255. The molecule has 2 N–H and O–H groups in total. The van der Waals surface area contributed by atoms with Gasteiger partial charge < -0.3 is 14.8 Å². The Kier molecular flexibility index (Phi) is 6.07. The standard InChI is InChI=1S/C18H22N2O6S/c1-4-18(17(22)23,13-8-6-5-7-9-13)12-19-16(21)14-10-11-15(26-14)27(24,25)20(2)3/h5-11H,4,12H2,1-3H3,(H,19,21)(H,22,23). The summed E-state index contributed by atoms with van der Waals surface area (Å²) in [5.74, 6) is -1.96. The van der Waals surface area contributed by atoms with Gasteiger partial charge in [-0.15, -0.1) is 0 Å². The predicted octanol–water partition coefficient (Wildman–Crippen LogP) is 1.69. The van der Waals surface area contributed by atoms with Gasteiger partial charge in [-0.3, -0.25) is 9.59 Å². The third kappa shape index (κ3) is 4.04. The van der Waals surface area contributed by atoms with Gasteiger partial charge in [0.15, 0.2) is 5.76 Å². The molecule has 2 aromatic rings. The molecule has 0 spiro atoms. The predicted molar refractivity (Wildman–Crippen MR) is 98.0 cm³/mol. The average Bonchev–Trinajstić information content (AvgIpc) is 3.14. The highest BCUT2D eigenvalue weighted by Gasteiger charge is 2.39. The second-order valence-electron chi connectivity index (χ2n) is 6.20. The largest absolute Gasteiger partial charge is 0.481 e. The summed E-state index contributed by atoms with van der Waals surface area (Å²) in [6.45, 7) is 1.56. The number of carbonyl (C=O) groups excluding carboxylic acids is 1. The first-order valence-corrected chi connectivity index (χ1v) is 9.68. The Morgan fingerprint density at radius 1 is 1.15 bits per heavy atom. The van der Waals surface area contributed by atoms with E-state index in [4.69, 9.17) is 4.42 Å². The van der Waals surface area contributed by atoms with Gasteiger partial charge in [0.25, 0.3) is 15.9 Å². The molecule has 0 bridgehead atoms. The second kappa shape index (κ2) is 7.93. The van der Waals surface area contributed by atoms with E-state index >= 15 is 0 Å². The van der Waals surface area contributed by atoms with Crippen molar-refractivity contribution in [3.8, 4) is 0 Å². The summed E-state index contributed by atoms with van der Waals surface area (Å²) in [6, 6.07) is 11.1. The van der Waals surface area contributed by atoms with E-state index in [2.05, 4.69) is 5.32 Å². The van der Waals surface area contributed by atoms with Gasteiger partial charge in [-0.25, -0.2) is 12.7 Å². The number of nitrogens with one attached hydrogen (secondary N) is 1. The molecule has 0 fully saturated rings. The first-order chi connectivity index (χ1) is 12.6. The molecule has 0 saturated carbocycles. The van der Waals surface area contributed by atoms with Crippen molar-refractivity contribution in [2.45, 2.75) is 23.9 Å². The first-order valence-electron chi connectivity index (χ1n) is 8.24. The number of furan rings is 1. The average molecular weight is 394 g/mol. The topological polar surface area (TPSA) is 117 Å². The zero-order valence-corrected chi connectivity index (χ0v) is 16.1. The molecule has 1 unspecified atom stereocenters. The van der Waals surface area contributed by atoms with Crippen LogP contribution in [0.5, 0.6) is 0 Å².